The molecule has 0 spiro atoms. The molecule has 2 N–H and O–H groups in total. The number of allylic oxidation sites excluding steroid dienone is 5. The Labute approximate surface area is 195 Å². The first kappa shape index (κ1) is 25.4. The number of hydrogen-bond acceptors (Lipinski definition) is 5. The number of urea groups is 1. The molecule has 10 heteroatoms. The zero-order valence-corrected chi connectivity index (χ0v) is 20.3. The largest absolute Gasteiger partial charge is 0.465 e. The number of carbonyl (C=O) groups is 2. The van der Waals surface area contributed by atoms with Crippen molar-refractivity contribution in [1.29, 1.82) is 0 Å². The van der Waals surface area contributed by atoms with Crippen LogP contribution in [-0.2, 0) is 10.2 Å². The minimum Gasteiger partial charge on any atom is -0.465 e. The monoisotopic (exact) mass is 480 g/mol. The van der Waals surface area contributed by atoms with Crippen molar-refractivity contribution in [3.05, 3.63) is 57.9 Å². The van der Waals surface area contributed by atoms with E-state index in [2.05, 4.69) is 15.7 Å². The van der Waals surface area contributed by atoms with Crippen molar-refractivity contribution in [3.8, 4) is 0 Å². The van der Waals surface area contributed by atoms with Gasteiger partial charge in [0.1, 0.15) is 15.7 Å². The zero-order valence-electron chi connectivity index (χ0n) is 18.7. The number of carbonyl (C=O) groups excluding carboxylic acids is 2. The Bertz CT molecular complexity index is 1090. The highest BCUT2D eigenvalue weighted by molar-refractivity contribution is 7.19. The molecule has 0 bridgehead atoms. The van der Waals surface area contributed by atoms with Gasteiger partial charge in [-0.05, 0) is 32.1 Å². The molecule has 2 aromatic heterocycles. The summed E-state index contributed by atoms with van der Waals surface area (Å²) in [4.78, 5) is 24.8. The number of esters is 1. The van der Waals surface area contributed by atoms with Crippen LogP contribution in [0.2, 0.25) is 5.02 Å². The number of hydrogen-bond donors (Lipinski definition) is 2. The molecule has 0 fully saturated rings. The Kier molecular flexibility index (Phi) is 8.40. The third kappa shape index (κ3) is 5.86. The van der Waals surface area contributed by atoms with E-state index in [1.165, 1.54) is 23.9 Å². The number of amides is 2. The van der Waals surface area contributed by atoms with Crippen LogP contribution < -0.4 is 10.6 Å². The molecule has 2 aromatic rings. The molecule has 0 atom stereocenters. The van der Waals surface area contributed by atoms with Gasteiger partial charge in [0, 0.05) is 17.0 Å². The summed E-state index contributed by atoms with van der Waals surface area (Å²) in [7, 11) is 1.26. The number of halogens is 2. The number of ether oxygens (including phenoxy) is 1. The van der Waals surface area contributed by atoms with Crippen LogP contribution >= 0.6 is 22.9 Å². The molecule has 0 aliphatic heterocycles. The van der Waals surface area contributed by atoms with E-state index in [0.717, 1.165) is 17.0 Å². The summed E-state index contributed by atoms with van der Waals surface area (Å²) in [5.74, 6) is -0.191. The SMILES string of the molecule is C\C=C/C(=C\C=C\F)n1nc(C(C)(C)C)cc1NC(=O)Nc1sc(C(=O)OC)c(Cl)c1C. The topological polar surface area (TPSA) is 85.3 Å². The fourth-order valence-electron chi connectivity index (χ4n) is 2.62. The summed E-state index contributed by atoms with van der Waals surface area (Å²) in [6.45, 7) is 9.50. The second-order valence-corrected chi connectivity index (χ2v) is 9.16. The first-order valence-corrected chi connectivity index (χ1v) is 10.9. The van der Waals surface area contributed by atoms with E-state index in [9.17, 15) is 14.0 Å². The van der Waals surface area contributed by atoms with Crippen LogP contribution in [0.1, 0.15) is 48.6 Å². The minimum atomic E-state index is -0.577. The quantitative estimate of drug-likeness (QED) is 0.363. The van der Waals surface area contributed by atoms with Gasteiger partial charge < -0.3 is 4.74 Å². The molecule has 2 amide bonds. The Balaban J connectivity index is 2.40. The van der Waals surface area contributed by atoms with Crippen molar-refractivity contribution in [1.82, 2.24) is 9.78 Å². The average Bonchev–Trinajstić information content (AvgIpc) is 3.27. The summed E-state index contributed by atoms with van der Waals surface area (Å²) < 4.78 is 18.9. The van der Waals surface area contributed by atoms with Crippen LogP contribution in [0.15, 0.2) is 36.7 Å². The van der Waals surface area contributed by atoms with Crippen molar-refractivity contribution in [2.75, 3.05) is 17.7 Å². The first-order valence-electron chi connectivity index (χ1n) is 9.69. The maximum atomic E-state index is 12.8. The summed E-state index contributed by atoms with van der Waals surface area (Å²) in [6, 6.07) is 1.20. The van der Waals surface area contributed by atoms with Gasteiger partial charge in [-0.15, -0.1) is 11.3 Å². The van der Waals surface area contributed by atoms with Crippen molar-refractivity contribution < 1.29 is 18.7 Å². The van der Waals surface area contributed by atoms with Crippen LogP contribution in [0.25, 0.3) is 5.70 Å². The molecule has 0 unspecified atom stereocenters. The number of methoxy groups -OCH3 is 1. The molecular formula is C22H26ClFN4O3S. The lowest BCUT2D eigenvalue weighted by atomic mass is 9.92. The Hall–Kier alpha value is -2.91. The summed E-state index contributed by atoms with van der Waals surface area (Å²) in [5.41, 5.74) is 1.55. The molecule has 0 radical (unpaired) electrons. The fourth-order valence-corrected chi connectivity index (χ4v) is 3.98. The summed E-state index contributed by atoms with van der Waals surface area (Å²) >= 11 is 7.23. The van der Waals surface area contributed by atoms with Gasteiger partial charge in [0.15, 0.2) is 0 Å². The minimum absolute atomic E-state index is 0.207. The molecule has 0 aromatic carbocycles. The molecular weight excluding hydrogens is 455 g/mol. The van der Waals surface area contributed by atoms with Crippen LogP contribution in [0.3, 0.4) is 0 Å². The zero-order chi connectivity index (χ0) is 24.1. The third-order valence-electron chi connectivity index (χ3n) is 4.31. The second kappa shape index (κ2) is 10.6. The average molecular weight is 481 g/mol. The van der Waals surface area contributed by atoms with Crippen LogP contribution in [0.4, 0.5) is 20.0 Å². The van der Waals surface area contributed by atoms with E-state index in [1.807, 2.05) is 27.7 Å². The maximum Gasteiger partial charge on any atom is 0.349 e. The highest BCUT2D eigenvalue weighted by Gasteiger charge is 2.24. The molecule has 32 heavy (non-hydrogen) atoms. The highest BCUT2D eigenvalue weighted by atomic mass is 35.5. The molecule has 172 valence electrons. The van der Waals surface area contributed by atoms with E-state index in [-0.39, 0.29) is 15.3 Å². The Morgan fingerprint density at radius 3 is 2.56 bits per heavy atom. The normalized spacial score (nSPS) is 12.6. The molecule has 0 saturated heterocycles. The Morgan fingerprint density at radius 2 is 2.00 bits per heavy atom. The number of rotatable bonds is 6. The Morgan fingerprint density at radius 1 is 1.31 bits per heavy atom. The van der Waals surface area contributed by atoms with Gasteiger partial charge in [-0.2, -0.15) is 5.10 Å². The second-order valence-electron chi connectivity index (χ2n) is 7.76. The lowest BCUT2D eigenvalue weighted by Crippen LogP contribution is -2.21. The smallest absolute Gasteiger partial charge is 0.349 e. The number of anilines is 2. The van der Waals surface area contributed by atoms with Crippen molar-refractivity contribution >= 4 is 51.5 Å². The highest BCUT2D eigenvalue weighted by Crippen LogP contribution is 2.37. The number of nitrogens with zero attached hydrogens (tertiary/aromatic N) is 2. The number of thiophene rings is 1. The van der Waals surface area contributed by atoms with Gasteiger partial charge in [-0.1, -0.05) is 38.4 Å². The van der Waals surface area contributed by atoms with E-state index in [1.54, 1.807) is 25.1 Å². The molecule has 2 rings (SSSR count). The molecule has 0 aliphatic carbocycles. The maximum absolute atomic E-state index is 12.8. The van der Waals surface area contributed by atoms with Gasteiger partial charge in [0.2, 0.25) is 0 Å². The first-order chi connectivity index (χ1) is 15.0. The van der Waals surface area contributed by atoms with Gasteiger partial charge >= 0.3 is 12.0 Å². The van der Waals surface area contributed by atoms with E-state index < -0.39 is 12.0 Å². The third-order valence-corrected chi connectivity index (χ3v) is 6.08. The van der Waals surface area contributed by atoms with Crippen molar-refractivity contribution in [2.45, 2.75) is 40.0 Å². The number of nitrogens with one attached hydrogen (secondary N) is 2. The molecule has 7 nitrogen and oxygen atoms in total. The molecule has 0 aliphatic rings. The lowest BCUT2D eigenvalue weighted by molar-refractivity contribution is 0.0606. The van der Waals surface area contributed by atoms with E-state index in [4.69, 9.17) is 16.3 Å². The predicted octanol–water partition coefficient (Wildman–Crippen LogP) is 6.53. The summed E-state index contributed by atoms with van der Waals surface area (Å²) in [6.07, 6.45) is 6.72. The van der Waals surface area contributed by atoms with Gasteiger partial charge in [0.05, 0.1) is 29.9 Å². The fraction of sp³-hybridized carbons (Fsp3) is 0.318. The number of aromatic nitrogens is 2. The van der Waals surface area contributed by atoms with Crippen molar-refractivity contribution in [2.24, 2.45) is 0 Å². The predicted molar refractivity (Wildman–Crippen MR) is 128 cm³/mol. The van der Waals surface area contributed by atoms with Crippen LogP contribution in [-0.4, -0.2) is 28.9 Å². The summed E-state index contributed by atoms with van der Waals surface area (Å²) in [5, 5.41) is 10.7. The van der Waals surface area contributed by atoms with Crippen LogP contribution in [0, 0.1) is 6.92 Å². The van der Waals surface area contributed by atoms with Gasteiger partial charge in [-0.25, -0.2) is 18.7 Å². The van der Waals surface area contributed by atoms with Gasteiger partial charge in [0.25, 0.3) is 0 Å². The van der Waals surface area contributed by atoms with Gasteiger partial charge in [-0.3, -0.25) is 10.6 Å². The van der Waals surface area contributed by atoms with E-state index >= 15 is 0 Å². The van der Waals surface area contributed by atoms with Crippen LogP contribution in [0.5, 0.6) is 0 Å². The van der Waals surface area contributed by atoms with E-state index in [0.29, 0.717) is 28.4 Å². The molecule has 0 saturated carbocycles. The van der Waals surface area contributed by atoms with Crippen molar-refractivity contribution in [3.63, 3.8) is 0 Å². The standard InChI is InChI=1S/C22H26ClFN4O3S/c1-7-9-14(10-8-11-24)28-16(12-15(27-28)22(3,4)5)25-21(30)26-19-13(2)17(23)18(32-19)20(29)31-6/h7-12H,1-6H3,(H2,25,26,30)/b9-7-,11-8+,14-10+. The lowest BCUT2D eigenvalue weighted by Gasteiger charge is -2.14. The molecule has 2 heterocycles.